The van der Waals surface area contributed by atoms with E-state index in [1.165, 1.54) is 5.56 Å². The van der Waals surface area contributed by atoms with E-state index in [1.807, 2.05) is 29.2 Å². The van der Waals surface area contributed by atoms with Gasteiger partial charge in [0, 0.05) is 31.9 Å². The van der Waals surface area contributed by atoms with Gasteiger partial charge in [0.25, 0.3) is 0 Å². The molecule has 23 heavy (non-hydrogen) atoms. The SMILES string of the molecule is CCc1ccc(NC(=O)C2(C(=O)N3CCN(C)CC3)CC2)cc1. The number of nitrogens with one attached hydrogen (secondary N) is 1. The highest BCUT2D eigenvalue weighted by atomic mass is 16.2. The Morgan fingerprint density at radius 1 is 1.09 bits per heavy atom. The van der Waals surface area contributed by atoms with E-state index in [-0.39, 0.29) is 11.8 Å². The lowest BCUT2D eigenvalue weighted by atomic mass is 10.0. The number of likely N-dealkylation sites (N-methyl/N-ethyl adjacent to an activating group) is 1. The maximum absolute atomic E-state index is 12.8. The van der Waals surface area contributed by atoms with Gasteiger partial charge in [0.1, 0.15) is 5.41 Å². The molecule has 1 aromatic carbocycles. The van der Waals surface area contributed by atoms with Gasteiger partial charge in [-0.25, -0.2) is 0 Å². The Balaban J connectivity index is 1.64. The predicted octanol–water partition coefficient (Wildman–Crippen LogP) is 1.74. The zero-order valence-corrected chi connectivity index (χ0v) is 14.0. The van der Waals surface area contributed by atoms with Crippen molar-refractivity contribution in [1.82, 2.24) is 9.80 Å². The lowest BCUT2D eigenvalue weighted by Crippen LogP contribution is -2.51. The van der Waals surface area contributed by atoms with Crippen LogP contribution in [-0.4, -0.2) is 54.8 Å². The average Bonchev–Trinajstić information content (AvgIpc) is 3.37. The van der Waals surface area contributed by atoms with E-state index >= 15 is 0 Å². The summed E-state index contributed by atoms with van der Waals surface area (Å²) in [6, 6.07) is 7.84. The smallest absolute Gasteiger partial charge is 0.240 e. The normalized spacial score (nSPS) is 20.2. The molecule has 0 unspecified atom stereocenters. The van der Waals surface area contributed by atoms with Crippen LogP contribution in [0.4, 0.5) is 5.69 Å². The van der Waals surface area contributed by atoms with Crippen molar-refractivity contribution in [3.8, 4) is 0 Å². The fraction of sp³-hybridized carbons (Fsp3) is 0.556. The van der Waals surface area contributed by atoms with Crippen molar-refractivity contribution in [2.45, 2.75) is 26.2 Å². The highest BCUT2D eigenvalue weighted by molar-refractivity contribution is 6.13. The molecule has 1 N–H and O–H groups in total. The Morgan fingerprint density at radius 2 is 1.70 bits per heavy atom. The molecule has 2 amide bonds. The molecule has 1 aliphatic heterocycles. The fourth-order valence-electron chi connectivity index (χ4n) is 3.05. The van der Waals surface area contributed by atoms with E-state index in [9.17, 15) is 9.59 Å². The maximum atomic E-state index is 12.8. The number of nitrogens with zero attached hydrogens (tertiary/aromatic N) is 2. The first-order valence-electron chi connectivity index (χ1n) is 8.43. The van der Waals surface area contributed by atoms with E-state index in [0.717, 1.165) is 38.3 Å². The first-order chi connectivity index (χ1) is 11.0. The third-order valence-electron chi connectivity index (χ3n) is 5.00. The number of hydrogen-bond donors (Lipinski definition) is 1. The highest BCUT2D eigenvalue weighted by Crippen LogP contribution is 2.48. The second-order valence-electron chi connectivity index (χ2n) is 6.68. The molecule has 1 saturated carbocycles. The summed E-state index contributed by atoms with van der Waals surface area (Å²) >= 11 is 0. The summed E-state index contributed by atoms with van der Waals surface area (Å²) in [7, 11) is 2.06. The molecule has 1 aliphatic carbocycles. The predicted molar refractivity (Wildman–Crippen MR) is 90.2 cm³/mol. The molecule has 2 aliphatic rings. The molecule has 0 atom stereocenters. The van der Waals surface area contributed by atoms with Gasteiger partial charge in [-0.15, -0.1) is 0 Å². The highest BCUT2D eigenvalue weighted by Gasteiger charge is 2.58. The molecule has 0 aromatic heterocycles. The largest absolute Gasteiger partial charge is 0.339 e. The summed E-state index contributed by atoms with van der Waals surface area (Å²) in [5, 5.41) is 2.93. The van der Waals surface area contributed by atoms with Crippen molar-refractivity contribution in [1.29, 1.82) is 0 Å². The summed E-state index contributed by atoms with van der Waals surface area (Å²) in [6.07, 6.45) is 2.30. The zero-order valence-electron chi connectivity index (χ0n) is 14.0. The Morgan fingerprint density at radius 3 is 2.22 bits per heavy atom. The van der Waals surface area contributed by atoms with Gasteiger partial charge in [-0.3, -0.25) is 9.59 Å². The van der Waals surface area contributed by atoms with Gasteiger partial charge in [0.15, 0.2) is 0 Å². The number of amides is 2. The van der Waals surface area contributed by atoms with Crippen molar-refractivity contribution in [2.75, 3.05) is 38.5 Å². The summed E-state index contributed by atoms with van der Waals surface area (Å²) < 4.78 is 0. The summed E-state index contributed by atoms with van der Waals surface area (Å²) in [5.74, 6) is -0.140. The van der Waals surface area contributed by atoms with Crippen LogP contribution in [0.25, 0.3) is 0 Å². The van der Waals surface area contributed by atoms with Crippen molar-refractivity contribution < 1.29 is 9.59 Å². The third-order valence-corrected chi connectivity index (χ3v) is 5.00. The van der Waals surface area contributed by atoms with Gasteiger partial charge in [0.2, 0.25) is 11.8 Å². The van der Waals surface area contributed by atoms with Crippen molar-refractivity contribution in [3.63, 3.8) is 0 Å². The van der Waals surface area contributed by atoms with E-state index in [0.29, 0.717) is 12.8 Å². The molecule has 5 nitrogen and oxygen atoms in total. The van der Waals surface area contributed by atoms with Crippen molar-refractivity contribution >= 4 is 17.5 Å². The van der Waals surface area contributed by atoms with Gasteiger partial charge < -0.3 is 15.1 Å². The van der Waals surface area contributed by atoms with Crippen LogP contribution in [0.15, 0.2) is 24.3 Å². The molecule has 0 spiro atoms. The molecule has 1 heterocycles. The fourth-order valence-corrected chi connectivity index (χ4v) is 3.05. The quantitative estimate of drug-likeness (QED) is 0.861. The molecule has 3 rings (SSSR count). The van der Waals surface area contributed by atoms with E-state index in [1.54, 1.807) is 0 Å². The molecular formula is C18H25N3O2. The number of aryl methyl sites for hydroxylation is 1. The lowest BCUT2D eigenvalue weighted by molar-refractivity contribution is -0.143. The van der Waals surface area contributed by atoms with Crippen molar-refractivity contribution in [2.24, 2.45) is 5.41 Å². The van der Waals surface area contributed by atoms with Crippen LogP contribution in [0.3, 0.4) is 0 Å². The number of benzene rings is 1. The summed E-state index contributed by atoms with van der Waals surface area (Å²) in [5.41, 5.74) is 1.18. The lowest BCUT2D eigenvalue weighted by Gasteiger charge is -2.34. The second kappa shape index (κ2) is 6.32. The zero-order chi connectivity index (χ0) is 16.4. The molecule has 2 fully saturated rings. The number of hydrogen-bond acceptors (Lipinski definition) is 3. The molecule has 0 radical (unpaired) electrons. The number of carbonyl (C=O) groups is 2. The number of anilines is 1. The van der Waals surface area contributed by atoms with Gasteiger partial charge >= 0.3 is 0 Å². The topological polar surface area (TPSA) is 52.7 Å². The molecule has 5 heteroatoms. The average molecular weight is 315 g/mol. The molecule has 1 saturated heterocycles. The van der Waals surface area contributed by atoms with Crippen molar-refractivity contribution in [3.05, 3.63) is 29.8 Å². The standard InChI is InChI=1S/C18H25N3O2/c1-3-14-4-6-15(7-5-14)19-16(22)18(8-9-18)17(23)21-12-10-20(2)11-13-21/h4-7H,3,8-13H2,1-2H3,(H,19,22). The minimum absolute atomic E-state index is 0.00767. The van der Waals surface area contributed by atoms with E-state index in [2.05, 4.69) is 24.2 Å². The first-order valence-corrected chi connectivity index (χ1v) is 8.43. The van der Waals surface area contributed by atoms with Crippen LogP contribution in [0.2, 0.25) is 0 Å². The Labute approximate surface area is 137 Å². The number of rotatable bonds is 4. The Bertz CT molecular complexity index is 585. The minimum atomic E-state index is -0.820. The van der Waals surface area contributed by atoms with Gasteiger partial charge in [-0.2, -0.15) is 0 Å². The van der Waals surface area contributed by atoms with Crippen LogP contribution in [0.1, 0.15) is 25.3 Å². The van der Waals surface area contributed by atoms with E-state index in [4.69, 9.17) is 0 Å². The molecule has 0 bridgehead atoms. The molecule has 124 valence electrons. The molecular weight excluding hydrogens is 290 g/mol. The Hall–Kier alpha value is -1.88. The van der Waals surface area contributed by atoms with E-state index < -0.39 is 5.41 Å². The van der Waals surface area contributed by atoms with Crippen LogP contribution in [0, 0.1) is 5.41 Å². The number of piperazine rings is 1. The van der Waals surface area contributed by atoms with Crippen LogP contribution in [-0.2, 0) is 16.0 Å². The Kier molecular flexibility index (Phi) is 4.39. The minimum Gasteiger partial charge on any atom is -0.339 e. The maximum Gasteiger partial charge on any atom is 0.240 e. The monoisotopic (exact) mass is 315 g/mol. The first kappa shape index (κ1) is 16.0. The van der Waals surface area contributed by atoms with Crippen LogP contribution >= 0.6 is 0 Å². The number of carbonyl (C=O) groups excluding carboxylic acids is 2. The van der Waals surface area contributed by atoms with Gasteiger partial charge in [0.05, 0.1) is 0 Å². The van der Waals surface area contributed by atoms with Crippen LogP contribution < -0.4 is 5.32 Å². The third kappa shape index (κ3) is 3.24. The molecule has 1 aromatic rings. The second-order valence-corrected chi connectivity index (χ2v) is 6.68. The van der Waals surface area contributed by atoms with Gasteiger partial charge in [-0.1, -0.05) is 19.1 Å². The summed E-state index contributed by atoms with van der Waals surface area (Å²) in [6.45, 7) is 5.29. The van der Waals surface area contributed by atoms with Gasteiger partial charge in [-0.05, 0) is 44.0 Å². The van der Waals surface area contributed by atoms with Crippen LogP contribution in [0.5, 0.6) is 0 Å². The summed E-state index contributed by atoms with van der Waals surface area (Å²) in [4.78, 5) is 29.5.